The molecular weight excluding hydrogens is 384 g/mol. The minimum Gasteiger partial charge on any atom is -0.339 e. The number of nitrogens with one attached hydrogen (secondary N) is 1. The first-order valence-corrected chi connectivity index (χ1v) is 11.0. The van der Waals surface area contributed by atoms with Crippen LogP contribution in [0.1, 0.15) is 5.01 Å². The Balaban J connectivity index is 1.73. The summed E-state index contributed by atoms with van der Waals surface area (Å²) in [5.41, 5.74) is 1.45. The van der Waals surface area contributed by atoms with Gasteiger partial charge in [-0.25, -0.2) is 13.4 Å². The van der Waals surface area contributed by atoms with E-state index in [1.54, 1.807) is 17.0 Å². The summed E-state index contributed by atoms with van der Waals surface area (Å²) < 4.78 is 27.8. The molecule has 1 aliphatic rings. The molecular formula is C18H23N4O3S2. The lowest BCUT2D eigenvalue weighted by atomic mass is 10.2. The second-order valence-electron chi connectivity index (χ2n) is 6.58. The van der Waals surface area contributed by atoms with Gasteiger partial charge in [-0.1, -0.05) is 12.1 Å². The van der Waals surface area contributed by atoms with Gasteiger partial charge in [0.2, 0.25) is 15.9 Å². The molecule has 2 aromatic rings. The van der Waals surface area contributed by atoms with Gasteiger partial charge in [0.15, 0.2) is 0 Å². The Bertz CT molecular complexity index is 918. The molecule has 1 radical (unpaired) electrons. The highest BCUT2D eigenvalue weighted by Crippen LogP contribution is 2.24. The number of aryl methyl sites for hydroxylation is 1. The van der Waals surface area contributed by atoms with Gasteiger partial charge in [-0.3, -0.25) is 4.79 Å². The molecule has 0 saturated carbocycles. The van der Waals surface area contributed by atoms with E-state index in [0.29, 0.717) is 18.7 Å². The van der Waals surface area contributed by atoms with Crippen molar-refractivity contribution in [2.24, 2.45) is 0 Å². The molecule has 1 aliphatic heterocycles. The molecule has 27 heavy (non-hydrogen) atoms. The van der Waals surface area contributed by atoms with Gasteiger partial charge < -0.3 is 9.80 Å². The van der Waals surface area contributed by atoms with E-state index in [1.807, 2.05) is 25.4 Å². The molecule has 0 aliphatic carbocycles. The first kappa shape index (κ1) is 19.9. The van der Waals surface area contributed by atoms with Crippen LogP contribution >= 0.6 is 11.3 Å². The van der Waals surface area contributed by atoms with Crippen LogP contribution in [0.2, 0.25) is 0 Å². The van der Waals surface area contributed by atoms with E-state index in [0.717, 1.165) is 23.8 Å². The molecule has 1 fully saturated rings. The maximum absolute atomic E-state index is 12.7. The number of hydrogen-bond acceptors (Lipinski definition) is 6. The van der Waals surface area contributed by atoms with Crippen molar-refractivity contribution in [2.45, 2.75) is 17.9 Å². The molecule has 1 amide bonds. The predicted molar refractivity (Wildman–Crippen MR) is 106 cm³/mol. The zero-order chi connectivity index (χ0) is 19.6. The van der Waals surface area contributed by atoms with Crippen molar-refractivity contribution >= 4 is 27.3 Å². The van der Waals surface area contributed by atoms with Crippen molar-refractivity contribution in [2.75, 3.05) is 33.2 Å². The van der Waals surface area contributed by atoms with Crippen LogP contribution in [-0.4, -0.2) is 68.4 Å². The largest absolute Gasteiger partial charge is 0.339 e. The summed E-state index contributed by atoms with van der Waals surface area (Å²) in [6.07, 6.45) is 0. The van der Waals surface area contributed by atoms with Gasteiger partial charge in [-0.2, -0.15) is 4.72 Å². The fraction of sp³-hybridized carbons (Fsp3) is 0.389. The number of benzene rings is 1. The van der Waals surface area contributed by atoms with Crippen LogP contribution in [0.5, 0.6) is 0 Å². The first-order valence-electron chi connectivity index (χ1n) is 8.61. The monoisotopic (exact) mass is 407 g/mol. The van der Waals surface area contributed by atoms with Crippen molar-refractivity contribution in [3.63, 3.8) is 0 Å². The van der Waals surface area contributed by atoms with E-state index in [4.69, 9.17) is 0 Å². The van der Waals surface area contributed by atoms with Crippen molar-refractivity contribution in [3.8, 4) is 11.3 Å². The zero-order valence-corrected chi connectivity index (χ0v) is 17.0. The molecule has 1 aromatic heterocycles. The van der Waals surface area contributed by atoms with Gasteiger partial charge in [-0.05, 0) is 33.0 Å². The molecule has 0 bridgehead atoms. The van der Waals surface area contributed by atoms with Crippen LogP contribution in [0.3, 0.4) is 0 Å². The number of carbonyl (C=O) groups excluding carboxylic acids is 1. The van der Waals surface area contributed by atoms with E-state index < -0.39 is 16.1 Å². The first-order chi connectivity index (χ1) is 12.8. The van der Waals surface area contributed by atoms with Crippen LogP contribution in [0, 0.1) is 13.8 Å². The molecule has 9 heteroatoms. The lowest BCUT2D eigenvalue weighted by Gasteiger charge is -2.34. The number of sulfonamides is 1. The fourth-order valence-corrected chi connectivity index (χ4v) is 4.64. The quantitative estimate of drug-likeness (QED) is 0.810. The van der Waals surface area contributed by atoms with Crippen molar-refractivity contribution < 1.29 is 13.2 Å². The predicted octanol–water partition coefficient (Wildman–Crippen LogP) is 1.37. The molecule has 1 atom stereocenters. The summed E-state index contributed by atoms with van der Waals surface area (Å²) in [5, 5.41) is 2.79. The highest BCUT2D eigenvalue weighted by Gasteiger charge is 2.27. The highest BCUT2D eigenvalue weighted by molar-refractivity contribution is 7.89. The van der Waals surface area contributed by atoms with E-state index in [9.17, 15) is 13.2 Å². The maximum Gasteiger partial charge on any atom is 0.241 e. The highest BCUT2D eigenvalue weighted by atomic mass is 32.2. The molecule has 0 unspecified atom stereocenters. The van der Waals surface area contributed by atoms with E-state index in [-0.39, 0.29) is 10.8 Å². The summed E-state index contributed by atoms with van der Waals surface area (Å²) in [7, 11) is -1.88. The fourth-order valence-electron chi connectivity index (χ4n) is 2.87. The topological polar surface area (TPSA) is 82.6 Å². The number of nitrogens with zero attached hydrogens (tertiary/aromatic N) is 3. The van der Waals surface area contributed by atoms with Crippen molar-refractivity contribution in [1.29, 1.82) is 0 Å². The van der Waals surface area contributed by atoms with Crippen LogP contribution in [0.4, 0.5) is 0 Å². The molecule has 2 heterocycles. The molecule has 1 aromatic carbocycles. The third-order valence-electron chi connectivity index (χ3n) is 4.47. The number of likely N-dealkylation sites (N-methyl/N-ethyl adjacent to an activating group) is 1. The minimum atomic E-state index is -3.87. The molecule has 145 valence electrons. The van der Waals surface area contributed by atoms with Gasteiger partial charge >= 0.3 is 0 Å². The van der Waals surface area contributed by atoms with Crippen LogP contribution < -0.4 is 4.72 Å². The average molecular weight is 408 g/mol. The summed E-state index contributed by atoms with van der Waals surface area (Å²) in [6, 6.07) is 5.47. The summed E-state index contributed by atoms with van der Waals surface area (Å²) in [5.74, 6) is -0.307. The number of hydrogen-bond donors (Lipinski definition) is 1. The number of piperazine rings is 1. The lowest BCUT2D eigenvalue weighted by molar-refractivity contribution is -0.133. The average Bonchev–Trinajstić information content (AvgIpc) is 3.08. The Hall–Kier alpha value is -1.81. The van der Waals surface area contributed by atoms with Crippen LogP contribution in [0.15, 0.2) is 34.5 Å². The summed E-state index contributed by atoms with van der Waals surface area (Å²) in [4.78, 5) is 20.8. The molecule has 1 N–H and O–H groups in total. The van der Waals surface area contributed by atoms with Crippen LogP contribution in [-0.2, 0) is 14.8 Å². The van der Waals surface area contributed by atoms with E-state index in [1.165, 1.54) is 17.4 Å². The number of thiazole rings is 1. The number of aromatic nitrogens is 1. The Kier molecular flexibility index (Phi) is 5.95. The SMILES string of the molecule is [CH2][C@H](NS(=O)(=O)c1cccc(-c2csc(C)n2)c1)C(=O)N1CCN(C)CC1. The second kappa shape index (κ2) is 8.05. The zero-order valence-electron chi connectivity index (χ0n) is 15.4. The Morgan fingerprint density at radius 3 is 2.63 bits per heavy atom. The standard InChI is InChI=1S/C18H23N4O3S2/c1-13(18(23)22-9-7-21(3)8-10-22)20-27(24,25)16-6-4-5-15(11-16)17-12-26-14(2)19-17/h4-6,11-13,20H,1,7-10H2,2-3H3/t13-/m0/s1. The van der Waals surface area contributed by atoms with E-state index in [2.05, 4.69) is 21.5 Å². The smallest absolute Gasteiger partial charge is 0.241 e. The Morgan fingerprint density at radius 2 is 2.00 bits per heavy atom. The number of amides is 1. The number of rotatable bonds is 5. The van der Waals surface area contributed by atoms with Crippen molar-refractivity contribution in [3.05, 3.63) is 41.6 Å². The Labute approximate surface area is 164 Å². The van der Waals surface area contributed by atoms with Crippen LogP contribution in [0.25, 0.3) is 11.3 Å². The second-order valence-corrected chi connectivity index (χ2v) is 9.36. The van der Waals surface area contributed by atoms with E-state index >= 15 is 0 Å². The van der Waals surface area contributed by atoms with Gasteiger partial charge in [0.05, 0.1) is 15.6 Å². The summed E-state index contributed by atoms with van der Waals surface area (Å²) >= 11 is 1.50. The normalized spacial score (nSPS) is 17.1. The molecule has 1 saturated heterocycles. The van der Waals surface area contributed by atoms with Gasteiger partial charge in [0, 0.05) is 37.1 Å². The van der Waals surface area contributed by atoms with Gasteiger partial charge in [0.25, 0.3) is 0 Å². The Morgan fingerprint density at radius 1 is 1.30 bits per heavy atom. The summed E-state index contributed by atoms with van der Waals surface area (Å²) in [6.45, 7) is 8.29. The molecule has 3 rings (SSSR count). The molecule has 7 nitrogen and oxygen atoms in total. The lowest BCUT2D eigenvalue weighted by Crippen LogP contribution is -2.53. The van der Waals surface area contributed by atoms with Crippen molar-refractivity contribution in [1.82, 2.24) is 19.5 Å². The third-order valence-corrected chi connectivity index (χ3v) is 6.71. The van der Waals surface area contributed by atoms with Gasteiger partial charge in [-0.15, -0.1) is 11.3 Å². The minimum absolute atomic E-state index is 0.0884. The van der Waals surface area contributed by atoms with Gasteiger partial charge in [0.1, 0.15) is 6.04 Å². The third kappa shape index (κ3) is 4.73. The number of carbonyl (C=O) groups is 1. The maximum atomic E-state index is 12.7. The molecule has 0 spiro atoms.